The van der Waals surface area contributed by atoms with Crippen molar-refractivity contribution < 1.29 is 19.1 Å². The van der Waals surface area contributed by atoms with E-state index in [2.05, 4.69) is 26.8 Å². The number of carbonyl (C=O) groups excluding carboxylic acids is 3. The number of Topliss-reactive ketones (excluding diaryl/α,β-unsaturated/α-hetero) is 1. The molecule has 0 aromatic rings. The molecule has 0 radical (unpaired) electrons. The van der Waals surface area contributed by atoms with E-state index in [0.717, 1.165) is 25.7 Å². The molecule has 4 aliphatic carbocycles. The zero-order chi connectivity index (χ0) is 20.5. The lowest BCUT2D eigenvalue weighted by atomic mass is 9.47. The monoisotopic (exact) mass is 384 g/mol. The van der Waals surface area contributed by atoms with Crippen LogP contribution in [0.5, 0.6) is 0 Å². The Bertz CT molecular complexity index is 820. The fraction of sp³-hybridized carbons (Fsp3) is 0.708. The third-order valence-electron chi connectivity index (χ3n) is 8.84. The fourth-order valence-corrected chi connectivity index (χ4v) is 7.48. The van der Waals surface area contributed by atoms with Crippen LogP contribution in [-0.4, -0.2) is 23.1 Å². The van der Waals surface area contributed by atoms with Crippen molar-refractivity contribution >= 4 is 17.5 Å². The van der Waals surface area contributed by atoms with Crippen LogP contribution in [0.25, 0.3) is 0 Å². The van der Waals surface area contributed by atoms with Gasteiger partial charge in [0.1, 0.15) is 0 Å². The zero-order valence-corrected chi connectivity index (χ0v) is 17.8. The lowest BCUT2D eigenvalue weighted by Gasteiger charge is -2.58. The molecule has 0 saturated heterocycles. The maximum atomic E-state index is 12.8. The average molecular weight is 385 g/mol. The summed E-state index contributed by atoms with van der Waals surface area (Å²) >= 11 is 0. The molecule has 4 aliphatic rings. The van der Waals surface area contributed by atoms with Crippen LogP contribution in [0.2, 0.25) is 0 Å². The molecule has 28 heavy (non-hydrogen) atoms. The molecule has 0 aromatic carbocycles. The first kappa shape index (κ1) is 19.6. The van der Waals surface area contributed by atoms with Crippen molar-refractivity contribution in [1.29, 1.82) is 0 Å². The Labute approximate surface area is 167 Å². The molecule has 0 aromatic heterocycles. The topological polar surface area (TPSA) is 60.4 Å². The molecule has 2 saturated carbocycles. The molecule has 4 nitrogen and oxygen atoms in total. The largest absolute Gasteiger partial charge is 0.451 e. The van der Waals surface area contributed by atoms with Gasteiger partial charge >= 0.3 is 5.97 Å². The van der Waals surface area contributed by atoms with Gasteiger partial charge in [0.25, 0.3) is 0 Å². The quantitative estimate of drug-likeness (QED) is 0.654. The summed E-state index contributed by atoms with van der Waals surface area (Å²) in [5.74, 6) is 1.03. The highest BCUT2D eigenvalue weighted by atomic mass is 16.6. The second-order valence-corrected chi connectivity index (χ2v) is 10.1. The highest BCUT2D eigenvalue weighted by Crippen LogP contribution is 2.67. The minimum Gasteiger partial charge on any atom is -0.451 e. The molecule has 4 rings (SSSR count). The second-order valence-electron chi connectivity index (χ2n) is 10.1. The summed E-state index contributed by atoms with van der Waals surface area (Å²) in [6.45, 7) is 9.63. The molecule has 0 N–H and O–H groups in total. The van der Waals surface area contributed by atoms with Crippen molar-refractivity contribution in [3.8, 4) is 0 Å². The number of allylic oxidation sites excluding steroid dienone is 4. The summed E-state index contributed by atoms with van der Waals surface area (Å²) in [5, 5.41) is 0. The van der Waals surface area contributed by atoms with E-state index in [0.29, 0.717) is 30.6 Å². The Hall–Kier alpha value is -1.71. The van der Waals surface area contributed by atoms with Crippen LogP contribution in [0.15, 0.2) is 23.3 Å². The molecule has 0 bridgehead atoms. The summed E-state index contributed by atoms with van der Waals surface area (Å²) in [5.41, 5.74) is 1.15. The van der Waals surface area contributed by atoms with Gasteiger partial charge < -0.3 is 4.74 Å². The highest BCUT2D eigenvalue weighted by Gasteiger charge is 2.67. The SMILES string of the molecule is CC(=O)O[C@@]1(C(C)=O)CCC2[C@H]3C=C(C)C4=CC(=O)CC[C@@]4(C)C3CC[C@]21C. The van der Waals surface area contributed by atoms with Crippen LogP contribution < -0.4 is 0 Å². The Kier molecular flexibility index (Phi) is 4.30. The first-order valence-corrected chi connectivity index (χ1v) is 10.7. The lowest BCUT2D eigenvalue weighted by Crippen LogP contribution is -2.58. The molecule has 0 aliphatic heterocycles. The van der Waals surface area contributed by atoms with Crippen molar-refractivity contribution in [3.05, 3.63) is 23.3 Å². The van der Waals surface area contributed by atoms with Crippen molar-refractivity contribution in [2.75, 3.05) is 0 Å². The van der Waals surface area contributed by atoms with Gasteiger partial charge in [-0.3, -0.25) is 14.4 Å². The minimum absolute atomic E-state index is 0.0160. The number of hydrogen-bond acceptors (Lipinski definition) is 4. The van der Waals surface area contributed by atoms with Gasteiger partial charge in [0, 0.05) is 18.8 Å². The average Bonchev–Trinajstić information content (AvgIpc) is 2.90. The Morgan fingerprint density at radius 1 is 1.07 bits per heavy atom. The van der Waals surface area contributed by atoms with Crippen LogP contribution in [0.1, 0.15) is 73.1 Å². The Balaban J connectivity index is 1.79. The van der Waals surface area contributed by atoms with Gasteiger partial charge in [-0.25, -0.2) is 0 Å². The molecule has 2 unspecified atom stereocenters. The standard InChI is InChI=1S/C24H32O4/c1-14-12-18-19(22(4)9-6-17(27)13-21(14)22)7-10-23(5)20(18)8-11-24(23,15(2)25)28-16(3)26/h12-13,18-20H,6-11H2,1-5H3/t18-,19?,20?,22-,23+,24+/m0/s1. The van der Waals surface area contributed by atoms with Crippen molar-refractivity contribution in [2.45, 2.75) is 78.7 Å². The predicted molar refractivity (Wildman–Crippen MR) is 106 cm³/mol. The van der Waals surface area contributed by atoms with E-state index in [1.165, 1.54) is 18.1 Å². The predicted octanol–water partition coefficient (Wildman–Crippen LogP) is 4.58. The third-order valence-corrected chi connectivity index (χ3v) is 8.84. The first-order chi connectivity index (χ1) is 13.0. The smallest absolute Gasteiger partial charge is 0.303 e. The van der Waals surface area contributed by atoms with Gasteiger partial charge in [-0.15, -0.1) is 0 Å². The number of esters is 1. The molecule has 0 heterocycles. The van der Waals surface area contributed by atoms with Gasteiger partial charge in [-0.2, -0.15) is 0 Å². The van der Waals surface area contributed by atoms with E-state index < -0.39 is 5.60 Å². The maximum Gasteiger partial charge on any atom is 0.303 e. The number of rotatable bonds is 2. The third kappa shape index (κ3) is 2.39. The van der Waals surface area contributed by atoms with E-state index in [4.69, 9.17) is 4.74 Å². The molecule has 0 amide bonds. The molecule has 2 fully saturated rings. The van der Waals surface area contributed by atoms with Crippen molar-refractivity contribution in [3.63, 3.8) is 0 Å². The highest BCUT2D eigenvalue weighted by molar-refractivity contribution is 5.92. The number of ketones is 2. The summed E-state index contributed by atoms with van der Waals surface area (Å²) < 4.78 is 5.82. The first-order valence-electron chi connectivity index (χ1n) is 10.7. The van der Waals surface area contributed by atoms with E-state index >= 15 is 0 Å². The molecular weight excluding hydrogens is 352 g/mol. The summed E-state index contributed by atoms with van der Waals surface area (Å²) in [6, 6.07) is 0. The fourth-order valence-electron chi connectivity index (χ4n) is 7.48. The van der Waals surface area contributed by atoms with Gasteiger partial charge in [0.2, 0.25) is 0 Å². The van der Waals surface area contributed by atoms with Crippen LogP contribution >= 0.6 is 0 Å². The van der Waals surface area contributed by atoms with E-state index in [1.807, 2.05) is 6.08 Å². The van der Waals surface area contributed by atoms with E-state index in [1.54, 1.807) is 6.92 Å². The summed E-state index contributed by atoms with van der Waals surface area (Å²) in [7, 11) is 0. The maximum absolute atomic E-state index is 12.8. The van der Waals surface area contributed by atoms with Gasteiger partial charge in [-0.05, 0) is 80.8 Å². The Morgan fingerprint density at radius 3 is 2.39 bits per heavy atom. The van der Waals surface area contributed by atoms with E-state index in [-0.39, 0.29) is 28.4 Å². The van der Waals surface area contributed by atoms with Gasteiger partial charge in [0.15, 0.2) is 17.2 Å². The number of carbonyl (C=O) groups is 3. The van der Waals surface area contributed by atoms with Crippen LogP contribution in [-0.2, 0) is 19.1 Å². The Morgan fingerprint density at radius 2 is 1.75 bits per heavy atom. The van der Waals surface area contributed by atoms with Crippen LogP contribution in [0, 0.1) is 28.6 Å². The molecule has 6 atom stereocenters. The van der Waals surface area contributed by atoms with Crippen LogP contribution in [0.4, 0.5) is 0 Å². The summed E-state index contributed by atoms with van der Waals surface area (Å²) in [4.78, 5) is 36.8. The van der Waals surface area contributed by atoms with Crippen molar-refractivity contribution in [1.82, 2.24) is 0 Å². The molecule has 0 spiro atoms. The molecular formula is C24H32O4. The number of hydrogen-bond donors (Lipinski definition) is 0. The van der Waals surface area contributed by atoms with Gasteiger partial charge in [0.05, 0.1) is 0 Å². The molecule has 4 heteroatoms. The zero-order valence-electron chi connectivity index (χ0n) is 17.8. The van der Waals surface area contributed by atoms with Crippen LogP contribution in [0.3, 0.4) is 0 Å². The molecule has 152 valence electrons. The lowest BCUT2D eigenvalue weighted by molar-refractivity contribution is -0.185. The second kappa shape index (κ2) is 6.14. The van der Waals surface area contributed by atoms with Gasteiger partial charge in [-0.1, -0.05) is 25.5 Å². The number of fused-ring (bicyclic) bond motifs is 5. The van der Waals surface area contributed by atoms with Crippen molar-refractivity contribution in [2.24, 2.45) is 28.6 Å². The summed E-state index contributed by atoms with van der Waals surface area (Å²) in [6.07, 6.45) is 9.20. The minimum atomic E-state index is -0.990. The number of ether oxygens (including phenoxy) is 1. The normalized spacial score (nSPS) is 44.6. The van der Waals surface area contributed by atoms with E-state index in [9.17, 15) is 14.4 Å².